The number of allylic oxidation sites excluding steroid dienone is 2. The first-order valence-corrected chi connectivity index (χ1v) is 13.1. The molecule has 4 aromatic carbocycles. The van der Waals surface area contributed by atoms with Crippen LogP contribution in [0.3, 0.4) is 0 Å². The quantitative estimate of drug-likeness (QED) is 0.192. The highest BCUT2D eigenvalue weighted by Gasteiger charge is 2.31. The molecule has 0 atom stereocenters. The Bertz CT molecular complexity index is 1440. The summed E-state index contributed by atoms with van der Waals surface area (Å²) in [6, 6.07) is 34.6. The Morgan fingerprint density at radius 1 is 0.806 bits per heavy atom. The maximum absolute atomic E-state index is 13.3. The SMILES string of the molecule is Cc1ccc(C(=O)/C=C2\SC(c3ccc(C)cc3)=C(Cc3ccc(Cl)cc3)N2c2ccccc2)cc1. The van der Waals surface area contributed by atoms with Crippen molar-refractivity contribution in [2.45, 2.75) is 20.3 Å². The minimum atomic E-state index is -0.00516. The number of ketones is 1. The molecule has 0 bridgehead atoms. The summed E-state index contributed by atoms with van der Waals surface area (Å²) in [5, 5.41) is 1.61. The number of rotatable bonds is 6. The number of halogens is 1. The lowest BCUT2D eigenvalue weighted by Crippen LogP contribution is -2.19. The van der Waals surface area contributed by atoms with Gasteiger partial charge in [-0.2, -0.15) is 0 Å². The molecule has 0 radical (unpaired) electrons. The fraction of sp³-hybridized carbons (Fsp3) is 0.0938. The molecule has 1 aliphatic rings. The van der Waals surface area contributed by atoms with Crippen molar-refractivity contribution >= 4 is 39.7 Å². The van der Waals surface area contributed by atoms with Crippen LogP contribution < -0.4 is 4.90 Å². The van der Waals surface area contributed by atoms with Crippen LogP contribution in [-0.2, 0) is 6.42 Å². The van der Waals surface area contributed by atoms with Gasteiger partial charge in [-0.25, -0.2) is 0 Å². The van der Waals surface area contributed by atoms with Crippen LogP contribution in [-0.4, -0.2) is 5.78 Å². The molecule has 4 heteroatoms. The van der Waals surface area contributed by atoms with Gasteiger partial charge in [0.15, 0.2) is 5.78 Å². The third kappa shape index (κ3) is 5.33. The van der Waals surface area contributed by atoms with Gasteiger partial charge < -0.3 is 4.90 Å². The molecule has 2 nitrogen and oxygen atoms in total. The average molecular weight is 508 g/mol. The molecule has 0 unspecified atom stereocenters. The van der Waals surface area contributed by atoms with E-state index in [2.05, 4.69) is 60.4 Å². The van der Waals surface area contributed by atoms with Gasteiger partial charge in [-0.1, -0.05) is 113 Å². The highest BCUT2D eigenvalue weighted by molar-refractivity contribution is 8.12. The zero-order valence-corrected chi connectivity index (χ0v) is 21.8. The van der Waals surface area contributed by atoms with E-state index in [9.17, 15) is 4.79 Å². The molecular formula is C32H26ClNOS. The zero-order valence-electron chi connectivity index (χ0n) is 20.2. The van der Waals surface area contributed by atoms with Crippen LogP contribution in [0.15, 0.2) is 120 Å². The van der Waals surface area contributed by atoms with E-state index >= 15 is 0 Å². The Kier molecular flexibility index (Phi) is 7.13. The van der Waals surface area contributed by atoms with Crippen LogP contribution in [0.4, 0.5) is 5.69 Å². The minimum absolute atomic E-state index is 0.00516. The number of aryl methyl sites for hydroxylation is 2. The van der Waals surface area contributed by atoms with Crippen molar-refractivity contribution in [1.82, 2.24) is 0 Å². The first-order valence-electron chi connectivity index (χ1n) is 11.9. The van der Waals surface area contributed by atoms with Crippen molar-refractivity contribution in [3.63, 3.8) is 0 Å². The second-order valence-corrected chi connectivity index (χ2v) is 10.4. The molecule has 0 saturated carbocycles. The lowest BCUT2D eigenvalue weighted by atomic mass is 10.0. The number of nitrogens with zero attached hydrogens (tertiary/aromatic N) is 1. The maximum atomic E-state index is 13.3. The molecule has 0 saturated heterocycles. The minimum Gasteiger partial charge on any atom is -0.307 e. The van der Waals surface area contributed by atoms with Crippen molar-refractivity contribution in [2.24, 2.45) is 0 Å². The van der Waals surface area contributed by atoms with Gasteiger partial charge in [0.1, 0.15) is 0 Å². The van der Waals surface area contributed by atoms with E-state index in [1.54, 1.807) is 17.8 Å². The van der Waals surface area contributed by atoms with Gasteiger partial charge in [0, 0.05) is 39.4 Å². The van der Waals surface area contributed by atoms with E-state index in [1.807, 2.05) is 61.5 Å². The smallest absolute Gasteiger partial charge is 0.188 e. The molecule has 5 rings (SSSR count). The monoisotopic (exact) mass is 507 g/mol. The van der Waals surface area contributed by atoms with Crippen molar-refractivity contribution < 1.29 is 4.79 Å². The van der Waals surface area contributed by atoms with Gasteiger partial charge >= 0.3 is 0 Å². The fourth-order valence-electron chi connectivity index (χ4n) is 4.20. The zero-order chi connectivity index (χ0) is 25.1. The Hall–Kier alpha value is -3.53. The summed E-state index contributed by atoms with van der Waals surface area (Å²) in [6.45, 7) is 4.12. The predicted octanol–water partition coefficient (Wildman–Crippen LogP) is 8.85. The molecule has 0 spiro atoms. The molecule has 178 valence electrons. The Labute approximate surface area is 221 Å². The van der Waals surface area contributed by atoms with Crippen molar-refractivity contribution in [3.05, 3.63) is 153 Å². The molecule has 0 aliphatic carbocycles. The third-order valence-electron chi connectivity index (χ3n) is 6.16. The largest absolute Gasteiger partial charge is 0.307 e. The molecule has 36 heavy (non-hydrogen) atoms. The van der Waals surface area contributed by atoms with Crippen LogP contribution in [0, 0.1) is 13.8 Å². The topological polar surface area (TPSA) is 20.3 Å². The Balaban J connectivity index is 1.64. The van der Waals surface area contributed by atoms with Crippen molar-refractivity contribution in [1.29, 1.82) is 0 Å². The lowest BCUT2D eigenvalue weighted by Gasteiger charge is -2.24. The van der Waals surface area contributed by atoms with E-state index < -0.39 is 0 Å². The summed E-state index contributed by atoms with van der Waals surface area (Å²) in [5.41, 5.74) is 7.50. The highest BCUT2D eigenvalue weighted by Crippen LogP contribution is 2.49. The summed E-state index contributed by atoms with van der Waals surface area (Å²) >= 11 is 7.82. The standard InChI is InChI=1S/C32H26ClNOS/c1-22-8-14-25(15-9-22)30(35)21-31-34(28-6-4-3-5-7-28)29(20-24-12-18-27(33)19-13-24)32(36-31)26-16-10-23(2)11-17-26/h3-19,21H,20H2,1-2H3/b31-21-. The van der Waals surface area contributed by atoms with E-state index in [1.165, 1.54) is 5.56 Å². The van der Waals surface area contributed by atoms with E-state index in [0.29, 0.717) is 12.0 Å². The number of thioether (sulfide) groups is 1. The molecule has 1 heterocycles. The summed E-state index contributed by atoms with van der Waals surface area (Å²) in [7, 11) is 0. The first kappa shape index (κ1) is 24.2. The fourth-order valence-corrected chi connectivity index (χ4v) is 5.54. The Morgan fingerprint density at radius 2 is 1.42 bits per heavy atom. The average Bonchev–Trinajstić information content (AvgIpc) is 3.24. The number of carbonyl (C=O) groups excluding carboxylic acids is 1. The second kappa shape index (κ2) is 10.6. The first-order chi connectivity index (χ1) is 17.5. The number of hydrogen-bond donors (Lipinski definition) is 0. The lowest BCUT2D eigenvalue weighted by molar-refractivity contribution is 0.104. The second-order valence-electron chi connectivity index (χ2n) is 8.93. The van der Waals surface area contributed by atoms with Gasteiger partial charge in [-0.3, -0.25) is 4.79 Å². The molecule has 0 amide bonds. The molecule has 4 aromatic rings. The molecular weight excluding hydrogens is 482 g/mol. The molecule has 0 aromatic heterocycles. The van der Waals surface area contributed by atoms with E-state index in [-0.39, 0.29) is 5.78 Å². The van der Waals surface area contributed by atoms with Crippen molar-refractivity contribution in [3.8, 4) is 0 Å². The van der Waals surface area contributed by atoms with E-state index in [0.717, 1.165) is 43.0 Å². The summed E-state index contributed by atoms with van der Waals surface area (Å²) in [5.74, 6) is -0.00516. The van der Waals surface area contributed by atoms with Crippen LogP contribution in [0.1, 0.15) is 32.6 Å². The van der Waals surface area contributed by atoms with Gasteiger partial charge in [-0.05, 0) is 49.2 Å². The van der Waals surface area contributed by atoms with E-state index in [4.69, 9.17) is 11.6 Å². The van der Waals surface area contributed by atoms with Crippen LogP contribution in [0.25, 0.3) is 4.91 Å². The number of benzene rings is 4. The number of anilines is 1. The number of hydrogen-bond acceptors (Lipinski definition) is 3. The van der Waals surface area contributed by atoms with Crippen molar-refractivity contribution in [2.75, 3.05) is 4.90 Å². The maximum Gasteiger partial charge on any atom is 0.188 e. The number of para-hydroxylation sites is 1. The normalized spacial score (nSPS) is 14.5. The van der Waals surface area contributed by atoms with Gasteiger partial charge in [0.2, 0.25) is 0 Å². The molecule has 1 aliphatic heterocycles. The van der Waals surface area contributed by atoms with Gasteiger partial charge in [-0.15, -0.1) is 0 Å². The third-order valence-corrected chi connectivity index (χ3v) is 7.60. The van der Waals surface area contributed by atoms with Crippen LogP contribution in [0.2, 0.25) is 5.02 Å². The summed E-state index contributed by atoms with van der Waals surface area (Å²) < 4.78 is 0. The highest BCUT2D eigenvalue weighted by atomic mass is 35.5. The predicted molar refractivity (Wildman–Crippen MR) is 153 cm³/mol. The number of carbonyl (C=O) groups is 1. The van der Waals surface area contributed by atoms with Gasteiger partial charge in [0.25, 0.3) is 0 Å². The van der Waals surface area contributed by atoms with Gasteiger partial charge in [0.05, 0.1) is 5.03 Å². The molecule has 0 N–H and O–H groups in total. The Morgan fingerprint density at radius 3 is 2.06 bits per heavy atom. The summed E-state index contributed by atoms with van der Waals surface area (Å²) in [6.07, 6.45) is 2.48. The van der Waals surface area contributed by atoms with Crippen LogP contribution in [0.5, 0.6) is 0 Å². The van der Waals surface area contributed by atoms with Crippen LogP contribution >= 0.6 is 23.4 Å². The molecule has 0 fully saturated rings. The summed E-state index contributed by atoms with van der Waals surface area (Å²) in [4.78, 5) is 16.7.